The van der Waals surface area contributed by atoms with Crippen LogP contribution in [0.25, 0.3) is 0 Å². The van der Waals surface area contributed by atoms with Gasteiger partial charge in [0.1, 0.15) is 5.82 Å². The molecule has 0 saturated heterocycles. The molecule has 2 aromatic carbocycles. The van der Waals surface area contributed by atoms with E-state index < -0.39 is 24.3 Å². The topological polar surface area (TPSA) is 72.5 Å². The molecule has 0 bridgehead atoms. The van der Waals surface area contributed by atoms with Crippen LogP contribution in [0.2, 0.25) is 0 Å². The van der Waals surface area contributed by atoms with Crippen molar-refractivity contribution in [1.82, 2.24) is 0 Å². The number of carbonyl (C=O) groups excluding carboxylic acids is 3. The van der Waals surface area contributed by atoms with E-state index in [1.807, 2.05) is 12.1 Å². The second kappa shape index (κ2) is 9.26. The first-order valence-electron chi connectivity index (χ1n) is 9.00. The zero-order chi connectivity index (χ0) is 20.7. The number of anilines is 1. The molecular formula is C22H24FNO4. The Morgan fingerprint density at radius 2 is 1.54 bits per heavy atom. The smallest absolute Gasteiger partial charge is 0.306 e. The summed E-state index contributed by atoms with van der Waals surface area (Å²) in [6.07, 6.45) is -0.100. The molecule has 0 spiro atoms. The number of Topliss-reactive ketones (excluding diaryl/α,β-unsaturated/α-hetero) is 1. The van der Waals surface area contributed by atoms with Gasteiger partial charge in [-0.15, -0.1) is 0 Å². The fourth-order valence-corrected chi connectivity index (χ4v) is 2.46. The average molecular weight is 385 g/mol. The van der Waals surface area contributed by atoms with E-state index in [1.54, 1.807) is 12.1 Å². The molecule has 1 amide bonds. The van der Waals surface area contributed by atoms with Gasteiger partial charge < -0.3 is 10.1 Å². The highest BCUT2D eigenvalue weighted by molar-refractivity contribution is 5.98. The second-order valence-electron chi connectivity index (χ2n) is 7.47. The Kier molecular flexibility index (Phi) is 7.04. The first-order valence-corrected chi connectivity index (χ1v) is 9.00. The number of esters is 1. The van der Waals surface area contributed by atoms with Crippen LogP contribution < -0.4 is 5.32 Å². The predicted octanol–water partition coefficient (Wildman–Crippen LogP) is 4.27. The Hall–Kier alpha value is -3.02. The molecule has 2 aromatic rings. The molecule has 0 aliphatic heterocycles. The van der Waals surface area contributed by atoms with Gasteiger partial charge in [-0.05, 0) is 35.2 Å². The molecular weight excluding hydrogens is 361 g/mol. The van der Waals surface area contributed by atoms with Crippen molar-refractivity contribution in [2.24, 2.45) is 0 Å². The van der Waals surface area contributed by atoms with Crippen molar-refractivity contribution in [3.05, 3.63) is 65.5 Å². The van der Waals surface area contributed by atoms with Crippen LogP contribution in [0.4, 0.5) is 10.1 Å². The maximum absolute atomic E-state index is 12.8. The van der Waals surface area contributed by atoms with Crippen LogP contribution in [0, 0.1) is 5.82 Å². The molecule has 0 unspecified atom stereocenters. The molecule has 0 heterocycles. The summed E-state index contributed by atoms with van der Waals surface area (Å²) in [5.74, 6) is -1.74. The monoisotopic (exact) mass is 385 g/mol. The predicted molar refractivity (Wildman–Crippen MR) is 105 cm³/mol. The molecule has 0 fully saturated rings. The van der Waals surface area contributed by atoms with Gasteiger partial charge in [0, 0.05) is 17.7 Å². The van der Waals surface area contributed by atoms with Gasteiger partial charge in [0.25, 0.3) is 5.91 Å². The number of hydrogen-bond acceptors (Lipinski definition) is 4. The number of amides is 1. The van der Waals surface area contributed by atoms with Gasteiger partial charge >= 0.3 is 5.97 Å². The number of hydrogen-bond donors (Lipinski definition) is 1. The Bertz CT molecular complexity index is 836. The Balaban J connectivity index is 1.74. The fraction of sp³-hybridized carbons (Fsp3) is 0.318. The summed E-state index contributed by atoms with van der Waals surface area (Å²) in [5.41, 5.74) is 2.06. The summed E-state index contributed by atoms with van der Waals surface area (Å²) < 4.78 is 17.7. The number of halogens is 1. The first-order chi connectivity index (χ1) is 13.1. The van der Waals surface area contributed by atoms with Crippen molar-refractivity contribution < 1.29 is 23.5 Å². The van der Waals surface area contributed by atoms with Gasteiger partial charge in [0.2, 0.25) is 0 Å². The van der Waals surface area contributed by atoms with Crippen LogP contribution in [0.3, 0.4) is 0 Å². The number of ether oxygens (including phenoxy) is 1. The van der Waals surface area contributed by atoms with Gasteiger partial charge in [-0.3, -0.25) is 14.4 Å². The zero-order valence-corrected chi connectivity index (χ0v) is 16.3. The van der Waals surface area contributed by atoms with Gasteiger partial charge in [0.05, 0.1) is 6.42 Å². The van der Waals surface area contributed by atoms with Crippen molar-refractivity contribution in [2.75, 3.05) is 11.9 Å². The molecule has 6 heteroatoms. The summed E-state index contributed by atoms with van der Waals surface area (Å²) in [4.78, 5) is 35.7. The summed E-state index contributed by atoms with van der Waals surface area (Å²) in [5, 5.41) is 2.48. The molecule has 2 rings (SSSR count). The second-order valence-corrected chi connectivity index (χ2v) is 7.47. The minimum Gasteiger partial charge on any atom is -0.456 e. The van der Waals surface area contributed by atoms with E-state index in [9.17, 15) is 18.8 Å². The summed E-state index contributed by atoms with van der Waals surface area (Å²) in [7, 11) is 0. The van der Waals surface area contributed by atoms with Gasteiger partial charge in [-0.2, -0.15) is 0 Å². The average Bonchev–Trinajstić information content (AvgIpc) is 2.65. The van der Waals surface area contributed by atoms with Crippen LogP contribution in [-0.2, 0) is 19.7 Å². The molecule has 28 heavy (non-hydrogen) atoms. The Morgan fingerprint density at radius 1 is 0.929 bits per heavy atom. The summed E-state index contributed by atoms with van der Waals surface area (Å²) in [6.45, 7) is 5.80. The lowest BCUT2D eigenvalue weighted by atomic mass is 9.86. The van der Waals surface area contributed by atoms with E-state index in [2.05, 4.69) is 26.1 Å². The van der Waals surface area contributed by atoms with E-state index in [0.29, 0.717) is 11.3 Å². The highest BCUT2D eigenvalue weighted by atomic mass is 19.1. The van der Waals surface area contributed by atoms with Crippen LogP contribution in [-0.4, -0.2) is 24.3 Å². The quantitative estimate of drug-likeness (QED) is 0.571. The van der Waals surface area contributed by atoms with Crippen LogP contribution in [0.15, 0.2) is 48.5 Å². The molecule has 0 radical (unpaired) electrons. The molecule has 1 N–H and O–H groups in total. The molecule has 0 saturated carbocycles. The van der Waals surface area contributed by atoms with E-state index in [1.165, 1.54) is 24.3 Å². The van der Waals surface area contributed by atoms with Gasteiger partial charge in [-0.1, -0.05) is 45.0 Å². The molecule has 0 atom stereocenters. The first kappa shape index (κ1) is 21.3. The summed E-state index contributed by atoms with van der Waals surface area (Å²) >= 11 is 0. The third kappa shape index (κ3) is 6.61. The van der Waals surface area contributed by atoms with E-state index in [0.717, 1.165) is 5.56 Å². The number of rotatable bonds is 7. The van der Waals surface area contributed by atoms with Crippen molar-refractivity contribution in [3.63, 3.8) is 0 Å². The maximum Gasteiger partial charge on any atom is 0.306 e. The van der Waals surface area contributed by atoms with Crippen molar-refractivity contribution in [1.29, 1.82) is 0 Å². The number of nitrogens with one attached hydrogen (secondary N) is 1. The number of ketones is 1. The minimum atomic E-state index is -0.631. The van der Waals surface area contributed by atoms with Crippen LogP contribution in [0.5, 0.6) is 0 Å². The third-order valence-electron chi connectivity index (χ3n) is 4.12. The van der Waals surface area contributed by atoms with Gasteiger partial charge in [0.15, 0.2) is 12.4 Å². The SMILES string of the molecule is CC(C)(C)c1ccc(C(=O)CCC(=O)OCC(=O)Nc2ccc(F)cc2)cc1. The van der Waals surface area contributed by atoms with E-state index in [-0.39, 0.29) is 24.0 Å². The van der Waals surface area contributed by atoms with Crippen molar-refractivity contribution >= 4 is 23.3 Å². The lowest BCUT2D eigenvalue weighted by Crippen LogP contribution is -2.21. The summed E-state index contributed by atoms with van der Waals surface area (Å²) in [6, 6.07) is 12.5. The van der Waals surface area contributed by atoms with Crippen molar-refractivity contribution in [2.45, 2.75) is 39.0 Å². The van der Waals surface area contributed by atoms with E-state index in [4.69, 9.17) is 4.74 Å². The molecule has 148 valence electrons. The fourth-order valence-electron chi connectivity index (χ4n) is 2.46. The maximum atomic E-state index is 12.8. The standard InChI is InChI=1S/C22H24FNO4/c1-22(2,3)16-6-4-15(5-7-16)19(25)12-13-21(27)28-14-20(26)24-18-10-8-17(23)9-11-18/h4-11H,12-14H2,1-3H3,(H,24,26). The molecule has 0 aliphatic carbocycles. The third-order valence-corrected chi connectivity index (χ3v) is 4.12. The minimum absolute atomic E-state index is 0.000130. The lowest BCUT2D eigenvalue weighted by molar-refractivity contribution is -0.147. The van der Waals surface area contributed by atoms with Gasteiger partial charge in [-0.25, -0.2) is 4.39 Å². The van der Waals surface area contributed by atoms with Crippen LogP contribution in [0.1, 0.15) is 49.5 Å². The highest BCUT2D eigenvalue weighted by Gasteiger charge is 2.15. The van der Waals surface area contributed by atoms with Crippen LogP contribution >= 0.6 is 0 Å². The number of carbonyl (C=O) groups is 3. The normalized spacial score (nSPS) is 11.0. The lowest BCUT2D eigenvalue weighted by Gasteiger charge is -2.18. The van der Waals surface area contributed by atoms with Crippen molar-refractivity contribution in [3.8, 4) is 0 Å². The Labute approximate surface area is 163 Å². The zero-order valence-electron chi connectivity index (χ0n) is 16.3. The number of benzene rings is 2. The largest absolute Gasteiger partial charge is 0.456 e. The highest BCUT2D eigenvalue weighted by Crippen LogP contribution is 2.22. The molecule has 5 nitrogen and oxygen atoms in total. The molecule has 0 aromatic heterocycles. The molecule has 0 aliphatic rings. The Morgan fingerprint density at radius 3 is 2.11 bits per heavy atom. The van der Waals surface area contributed by atoms with E-state index >= 15 is 0 Å².